The van der Waals surface area contributed by atoms with E-state index in [2.05, 4.69) is 17.1 Å². The molecule has 0 amide bonds. The van der Waals surface area contributed by atoms with Gasteiger partial charge in [0.15, 0.2) is 0 Å². The fourth-order valence-electron chi connectivity index (χ4n) is 2.87. The Hall–Kier alpha value is -0.160. The molecule has 2 saturated carbocycles. The van der Waals surface area contributed by atoms with E-state index in [1.54, 1.807) is 7.11 Å². The van der Waals surface area contributed by atoms with Crippen molar-refractivity contribution in [2.24, 2.45) is 0 Å². The van der Waals surface area contributed by atoms with Gasteiger partial charge in [-0.2, -0.15) is 0 Å². The van der Waals surface area contributed by atoms with Crippen molar-refractivity contribution in [2.75, 3.05) is 33.4 Å². The van der Waals surface area contributed by atoms with Crippen LogP contribution in [0.5, 0.6) is 0 Å². The molecule has 0 aromatic heterocycles. The first-order valence-corrected chi connectivity index (χ1v) is 8.28. The maximum absolute atomic E-state index is 9.60. The normalized spacial score (nSPS) is 22.2. The summed E-state index contributed by atoms with van der Waals surface area (Å²) in [7, 11) is 1.78. The Morgan fingerprint density at radius 2 is 1.95 bits per heavy atom. The molecule has 2 aliphatic carbocycles. The van der Waals surface area contributed by atoms with Crippen LogP contribution in [-0.4, -0.2) is 61.0 Å². The quantitative estimate of drug-likeness (QED) is 0.536. The monoisotopic (exact) mass is 284 g/mol. The largest absolute Gasteiger partial charge is 0.394 e. The Morgan fingerprint density at radius 3 is 2.50 bits per heavy atom. The zero-order valence-corrected chi connectivity index (χ0v) is 13.2. The molecule has 1 atom stereocenters. The van der Waals surface area contributed by atoms with Crippen molar-refractivity contribution in [2.45, 2.75) is 69.5 Å². The molecule has 2 aliphatic rings. The van der Waals surface area contributed by atoms with Gasteiger partial charge in [0.2, 0.25) is 0 Å². The van der Waals surface area contributed by atoms with Gasteiger partial charge in [-0.15, -0.1) is 0 Å². The van der Waals surface area contributed by atoms with E-state index in [1.165, 1.54) is 45.1 Å². The molecular formula is C16H32N2O2. The number of ether oxygens (including phenoxy) is 1. The van der Waals surface area contributed by atoms with Crippen molar-refractivity contribution in [1.29, 1.82) is 0 Å². The summed E-state index contributed by atoms with van der Waals surface area (Å²) in [6.07, 6.45) is 8.77. The molecule has 0 heterocycles. The van der Waals surface area contributed by atoms with Gasteiger partial charge in [0.25, 0.3) is 0 Å². The van der Waals surface area contributed by atoms with Gasteiger partial charge in [-0.1, -0.05) is 6.42 Å². The van der Waals surface area contributed by atoms with Gasteiger partial charge in [0, 0.05) is 31.3 Å². The average molecular weight is 284 g/mol. The molecule has 20 heavy (non-hydrogen) atoms. The van der Waals surface area contributed by atoms with E-state index in [4.69, 9.17) is 4.74 Å². The van der Waals surface area contributed by atoms with Gasteiger partial charge in [-0.3, -0.25) is 4.90 Å². The summed E-state index contributed by atoms with van der Waals surface area (Å²) in [5.74, 6) is 0. The zero-order valence-electron chi connectivity index (χ0n) is 13.2. The van der Waals surface area contributed by atoms with Gasteiger partial charge >= 0.3 is 0 Å². The molecule has 0 saturated heterocycles. The van der Waals surface area contributed by atoms with E-state index in [9.17, 15) is 5.11 Å². The lowest BCUT2D eigenvalue weighted by Gasteiger charge is -2.29. The third-order valence-corrected chi connectivity index (χ3v) is 4.55. The smallest absolute Gasteiger partial charge is 0.0610 e. The molecule has 118 valence electrons. The molecule has 0 aromatic rings. The number of aliphatic hydroxyl groups is 1. The Morgan fingerprint density at radius 1 is 1.20 bits per heavy atom. The molecule has 2 rings (SSSR count). The molecule has 0 spiro atoms. The van der Waals surface area contributed by atoms with Crippen LogP contribution >= 0.6 is 0 Å². The minimum absolute atomic E-state index is 0.0713. The fourth-order valence-corrected chi connectivity index (χ4v) is 2.87. The highest BCUT2D eigenvalue weighted by Gasteiger charge is 2.32. The molecule has 0 aromatic carbocycles. The molecule has 0 bridgehead atoms. The number of nitrogens with one attached hydrogen (secondary N) is 1. The molecule has 0 aliphatic heterocycles. The second-order valence-electron chi connectivity index (χ2n) is 6.85. The molecule has 4 nitrogen and oxygen atoms in total. The van der Waals surface area contributed by atoms with E-state index >= 15 is 0 Å². The highest BCUT2D eigenvalue weighted by atomic mass is 16.5. The van der Waals surface area contributed by atoms with E-state index in [0.717, 1.165) is 25.6 Å². The van der Waals surface area contributed by atoms with Crippen LogP contribution in [0.15, 0.2) is 0 Å². The first-order chi connectivity index (χ1) is 9.67. The summed E-state index contributed by atoms with van der Waals surface area (Å²) in [5, 5.41) is 13.2. The second kappa shape index (κ2) is 7.74. The van der Waals surface area contributed by atoms with Crippen molar-refractivity contribution < 1.29 is 9.84 Å². The predicted octanol–water partition coefficient (Wildman–Crippen LogP) is 1.77. The van der Waals surface area contributed by atoms with Crippen LogP contribution in [0, 0.1) is 0 Å². The number of hydrogen-bond donors (Lipinski definition) is 2. The van der Waals surface area contributed by atoms with E-state index in [-0.39, 0.29) is 12.1 Å². The van der Waals surface area contributed by atoms with Gasteiger partial charge in [-0.25, -0.2) is 0 Å². The lowest BCUT2D eigenvalue weighted by molar-refractivity contribution is 0.137. The van der Waals surface area contributed by atoms with Gasteiger partial charge in [0.05, 0.1) is 13.2 Å². The number of nitrogens with zero attached hydrogens (tertiary/aromatic N) is 1. The summed E-state index contributed by atoms with van der Waals surface area (Å²) in [6, 6.07) is 1.48. The number of methoxy groups -OCH3 is 1. The second-order valence-corrected chi connectivity index (χ2v) is 6.85. The van der Waals surface area contributed by atoms with Crippen LogP contribution in [0.1, 0.15) is 51.9 Å². The number of aliphatic hydroxyl groups excluding tert-OH is 1. The van der Waals surface area contributed by atoms with Gasteiger partial charge in [0.1, 0.15) is 0 Å². The summed E-state index contributed by atoms with van der Waals surface area (Å²) in [6.45, 7) is 5.50. The summed E-state index contributed by atoms with van der Waals surface area (Å²) in [5.41, 5.74) is -0.0713. The first kappa shape index (κ1) is 16.2. The minimum atomic E-state index is -0.0713. The summed E-state index contributed by atoms with van der Waals surface area (Å²) < 4.78 is 5.19. The number of hydrogen-bond acceptors (Lipinski definition) is 4. The molecule has 1 unspecified atom stereocenters. The Labute approximate surface area is 123 Å². The molecule has 4 heteroatoms. The Bertz CT molecular complexity index is 280. The van der Waals surface area contributed by atoms with Crippen LogP contribution in [0.3, 0.4) is 0 Å². The van der Waals surface area contributed by atoms with Crippen molar-refractivity contribution in [3.05, 3.63) is 0 Å². The van der Waals surface area contributed by atoms with Crippen molar-refractivity contribution in [3.63, 3.8) is 0 Å². The third-order valence-electron chi connectivity index (χ3n) is 4.55. The highest BCUT2D eigenvalue weighted by molar-refractivity contribution is 4.92. The SMILES string of the molecule is COCCN(CCCCC(C)(CO)NC1CC1)C1CC1. The molecule has 2 fully saturated rings. The first-order valence-electron chi connectivity index (χ1n) is 8.28. The molecule has 0 radical (unpaired) electrons. The molecular weight excluding hydrogens is 252 g/mol. The zero-order chi connectivity index (χ0) is 14.4. The van der Waals surface area contributed by atoms with Crippen molar-refractivity contribution in [1.82, 2.24) is 10.2 Å². The Balaban J connectivity index is 1.60. The molecule has 2 N–H and O–H groups in total. The standard InChI is InChI=1S/C16H32N2O2/c1-16(13-19,17-14-5-6-14)9-3-4-10-18(11-12-20-2)15-7-8-15/h14-15,17,19H,3-13H2,1-2H3. The van der Waals surface area contributed by atoms with E-state index in [0.29, 0.717) is 6.04 Å². The van der Waals surface area contributed by atoms with Crippen LogP contribution in [0.25, 0.3) is 0 Å². The predicted molar refractivity (Wildman–Crippen MR) is 82.0 cm³/mol. The van der Waals surface area contributed by atoms with E-state index in [1.807, 2.05) is 0 Å². The van der Waals surface area contributed by atoms with Crippen LogP contribution in [0.2, 0.25) is 0 Å². The summed E-state index contributed by atoms with van der Waals surface area (Å²) in [4.78, 5) is 2.58. The maximum Gasteiger partial charge on any atom is 0.0610 e. The fraction of sp³-hybridized carbons (Fsp3) is 1.00. The number of unbranched alkanes of at least 4 members (excludes halogenated alkanes) is 1. The third kappa shape index (κ3) is 5.68. The lowest BCUT2D eigenvalue weighted by atomic mass is 9.95. The van der Waals surface area contributed by atoms with Gasteiger partial charge in [-0.05, 0) is 52.0 Å². The van der Waals surface area contributed by atoms with Crippen molar-refractivity contribution in [3.8, 4) is 0 Å². The lowest BCUT2D eigenvalue weighted by Crippen LogP contribution is -2.47. The topological polar surface area (TPSA) is 44.7 Å². The van der Waals surface area contributed by atoms with Crippen LogP contribution in [-0.2, 0) is 4.74 Å². The van der Waals surface area contributed by atoms with E-state index < -0.39 is 0 Å². The average Bonchev–Trinajstić information content (AvgIpc) is 3.31. The highest BCUT2D eigenvalue weighted by Crippen LogP contribution is 2.28. The van der Waals surface area contributed by atoms with Crippen LogP contribution < -0.4 is 5.32 Å². The Kier molecular flexibility index (Phi) is 6.27. The summed E-state index contributed by atoms with van der Waals surface area (Å²) >= 11 is 0. The minimum Gasteiger partial charge on any atom is -0.394 e. The van der Waals surface area contributed by atoms with Crippen molar-refractivity contribution >= 4 is 0 Å². The number of rotatable bonds is 12. The van der Waals surface area contributed by atoms with Gasteiger partial charge < -0.3 is 15.2 Å². The maximum atomic E-state index is 9.60. The van der Waals surface area contributed by atoms with Crippen LogP contribution in [0.4, 0.5) is 0 Å².